The number of nitro groups is 1. The van der Waals surface area contributed by atoms with Gasteiger partial charge in [0.25, 0.3) is 5.69 Å². The van der Waals surface area contributed by atoms with Crippen LogP contribution in [0.15, 0.2) is 42.5 Å². The maximum Gasteiger partial charge on any atom is 0.292 e. The molecule has 0 fully saturated rings. The van der Waals surface area contributed by atoms with Gasteiger partial charge in [0.05, 0.1) is 4.92 Å². The Morgan fingerprint density at radius 3 is 2.39 bits per heavy atom. The number of anilines is 1. The predicted molar refractivity (Wildman–Crippen MR) is 68.8 cm³/mol. The molecule has 0 unspecified atom stereocenters. The highest BCUT2D eigenvalue weighted by Crippen LogP contribution is 2.21. The van der Waals surface area contributed by atoms with Crippen LogP contribution in [-0.2, 0) is 0 Å². The van der Waals surface area contributed by atoms with E-state index in [1.54, 1.807) is 18.2 Å². The molecule has 4 nitrogen and oxygen atoms in total. The summed E-state index contributed by atoms with van der Waals surface area (Å²) in [7, 11) is 0. The first-order valence-electron chi connectivity index (χ1n) is 5.19. The van der Waals surface area contributed by atoms with Crippen LogP contribution in [0.4, 0.5) is 11.4 Å². The molecule has 0 aromatic heterocycles. The Bertz CT molecular complexity index is 640. The van der Waals surface area contributed by atoms with Crippen LogP contribution >= 0.6 is 0 Å². The summed E-state index contributed by atoms with van der Waals surface area (Å²) in [6, 6.07) is 14.6. The smallest absolute Gasteiger partial charge is 0.292 e. The molecule has 2 aromatic carbocycles. The fourth-order valence-electron chi connectivity index (χ4n) is 1.41. The molecule has 0 atom stereocenters. The molecule has 0 spiro atoms. The van der Waals surface area contributed by atoms with E-state index in [0.717, 1.165) is 5.56 Å². The van der Waals surface area contributed by atoms with Crippen LogP contribution in [-0.4, -0.2) is 4.92 Å². The average molecular weight is 237 g/mol. The van der Waals surface area contributed by atoms with Crippen molar-refractivity contribution in [1.82, 2.24) is 0 Å². The van der Waals surface area contributed by atoms with Gasteiger partial charge in [0, 0.05) is 17.2 Å². The number of rotatable bonds is 1. The molecule has 0 heterocycles. The summed E-state index contributed by atoms with van der Waals surface area (Å²) in [5.74, 6) is 5.84. The molecule has 2 rings (SSSR count). The van der Waals surface area contributed by atoms with Gasteiger partial charge < -0.3 is 5.73 Å². The predicted octanol–water partition coefficient (Wildman–Crippen LogP) is 2.38. The van der Waals surface area contributed by atoms with E-state index in [0.29, 0.717) is 5.56 Å². The van der Waals surface area contributed by atoms with E-state index in [-0.39, 0.29) is 11.4 Å². The molecule has 0 aliphatic carbocycles. The Morgan fingerprint density at radius 1 is 1.11 bits per heavy atom. The highest BCUT2D eigenvalue weighted by atomic mass is 16.6. The summed E-state index contributed by atoms with van der Waals surface area (Å²) in [5.41, 5.74) is 7.09. The van der Waals surface area contributed by atoms with Crippen molar-refractivity contribution >= 4 is 11.4 Å². The highest BCUT2D eigenvalue weighted by molar-refractivity contribution is 5.62. The van der Waals surface area contributed by atoms with E-state index in [1.807, 2.05) is 12.1 Å². The van der Waals surface area contributed by atoms with Gasteiger partial charge in [-0.3, -0.25) is 10.1 Å². The topological polar surface area (TPSA) is 69.2 Å². The largest absolute Gasteiger partial charge is 0.393 e. The van der Waals surface area contributed by atoms with Crippen molar-refractivity contribution in [3.8, 4) is 11.8 Å². The van der Waals surface area contributed by atoms with Crippen molar-refractivity contribution in [2.45, 2.75) is 0 Å². The first kappa shape index (κ1) is 11.7. The van der Waals surface area contributed by atoms with Crippen molar-refractivity contribution < 1.29 is 4.92 Å². The van der Waals surface area contributed by atoms with Crippen LogP contribution in [0.5, 0.6) is 0 Å². The molecule has 2 aromatic rings. The summed E-state index contributed by atoms with van der Waals surface area (Å²) in [4.78, 5) is 10.1. The van der Waals surface area contributed by atoms with Gasteiger partial charge in [-0.25, -0.2) is 0 Å². The van der Waals surface area contributed by atoms with Gasteiger partial charge in [-0.15, -0.1) is 0 Å². The molecule has 4 heteroatoms. The molecule has 18 heavy (non-hydrogen) atoms. The molecule has 0 saturated heterocycles. The van der Waals surface area contributed by atoms with Gasteiger partial charge in [-0.2, -0.15) is 0 Å². The fourth-order valence-corrected chi connectivity index (χ4v) is 1.41. The van der Waals surface area contributed by atoms with Crippen molar-refractivity contribution in [3.05, 3.63) is 69.8 Å². The normalized spacial score (nSPS) is 9.33. The zero-order chi connectivity index (χ0) is 13.0. The Morgan fingerprint density at radius 2 is 1.78 bits per heavy atom. The molecule has 1 radical (unpaired) electrons. The lowest BCUT2D eigenvalue weighted by atomic mass is 10.1. The zero-order valence-corrected chi connectivity index (χ0v) is 9.38. The van der Waals surface area contributed by atoms with E-state index in [2.05, 4.69) is 17.9 Å². The molecule has 2 N–H and O–H groups in total. The van der Waals surface area contributed by atoms with Crippen LogP contribution in [0.2, 0.25) is 0 Å². The first-order chi connectivity index (χ1) is 8.66. The van der Waals surface area contributed by atoms with E-state index < -0.39 is 4.92 Å². The number of nitro benzene ring substituents is 1. The lowest BCUT2D eigenvalue weighted by Gasteiger charge is -1.96. The number of benzene rings is 2. The number of nitrogens with zero attached hydrogens (tertiary/aromatic N) is 1. The molecule has 0 amide bonds. The van der Waals surface area contributed by atoms with Crippen molar-refractivity contribution in [3.63, 3.8) is 0 Å². The van der Waals surface area contributed by atoms with E-state index in [4.69, 9.17) is 5.73 Å². The third kappa shape index (κ3) is 2.66. The number of nitrogens with two attached hydrogens (primary N) is 1. The number of nitrogen functional groups attached to an aromatic ring is 1. The molecule has 87 valence electrons. The highest BCUT2D eigenvalue weighted by Gasteiger charge is 2.09. The van der Waals surface area contributed by atoms with Gasteiger partial charge in [0.15, 0.2) is 0 Å². The van der Waals surface area contributed by atoms with Gasteiger partial charge >= 0.3 is 0 Å². The summed E-state index contributed by atoms with van der Waals surface area (Å²) < 4.78 is 0. The monoisotopic (exact) mass is 237 g/mol. The van der Waals surface area contributed by atoms with Gasteiger partial charge in [0.1, 0.15) is 5.69 Å². The maximum atomic E-state index is 10.6. The first-order valence-corrected chi connectivity index (χ1v) is 5.19. The second-order valence-corrected chi connectivity index (χ2v) is 3.57. The molecule has 0 bridgehead atoms. The van der Waals surface area contributed by atoms with Crippen LogP contribution in [0.1, 0.15) is 11.1 Å². The quantitative estimate of drug-likeness (QED) is 0.358. The van der Waals surface area contributed by atoms with Crippen LogP contribution in [0.3, 0.4) is 0 Å². The van der Waals surface area contributed by atoms with Gasteiger partial charge in [0.2, 0.25) is 0 Å². The second kappa shape index (κ2) is 5.02. The second-order valence-electron chi connectivity index (χ2n) is 3.57. The van der Waals surface area contributed by atoms with Crippen molar-refractivity contribution in [2.75, 3.05) is 5.73 Å². The van der Waals surface area contributed by atoms with Crippen LogP contribution in [0, 0.1) is 28.0 Å². The molecule has 0 aliphatic rings. The molecule has 0 saturated carbocycles. The summed E-state index contributed by atoms with van der Waals surface area (Å²) in [6.45, 7) is 0. The number of hydrogen-bond acceptors (Lipinski definition) is 3. The Labute approximate surface area is 104 Å². The molecule has 0 aliphatic heterocycles. The van der Waals surface area contributed by atoms with Crippen LogP contribution < -0.4 is 5.73 Å². The van der Waals surface area contributed by atoms with Crippen molar-refractivity contribution in [1.29, 1.82) is 0 Å². The third-order valence-electron chi connectivity index (χ3n) is 2.29. The number of hydrogen-bond donors (Lipinski definition) is 1. The Hall–Kier alpha value is -2.80. The lowest BCUT2D eigenvalue weighted by Crippen LogP contribution is -1.95. The van der Waals surface area contributed by atoms with Crippen molar-refractivity contribution in [2.24, 2.45) is 0 Å². The summed E-state index contributed by atoms with van der Waals surface area (Å²) in [5, 5.41) is 10.6. The minimum Gasteiger partial charge on any atom is -0.393 e. The average Bonchev–Trinajstić information content (AvgIpc) is 2.37. The molecular formula is C14H9N2O2. The van der Waals surface area contributed by atoms with Gasteiger partial charge in [-0.05, 0) is 30.3 Å². The Balaban J connectivity index is 2.29. The van der Waals surface area contributed by atoms with E-state index in [9.17, 15) is 10.1 Å². The summed E-state index contributed by atoms with van der Waals surface area (Å²) >= 11 is 0. The SMILES string of the molecule is Nc1cc(C#Cc2cc[c]cc2)ccc1[N+](=O)[O-]. The minimum absolute atomic E-state index is 0.102. The van der Waals surface area contributed by atoms with Gasteiger partial charge in [-0.1, -0.05) is 24.0 Å². The van der Waals surface area contributed by atoms with E-state index in [1.165, 1.54) is 12.1 Å². The van der Waals surface area contributed by atoms with Crippen LogP contribution in [0.25, 0.3) is 0 Å². The fraction of sp³-hybridized carbons (Fsp3) is 0. The van der Waals surface area contributed by atoms with E-state index >= 15 is 0 Å². The maximum absolute atomic E-state index is 10.6. The minimum atomic E-state index is -0.514. The molecular weight excluding hydrogens is 228 g/mol. The standard InChI is InChI=1S/C14H9N2O2/c15-13-10-12(8-9-14(13)16(17)18)7-6-11-4-2-1-3-5-11/h2-5,8-10H,15H2. The Kier molecular flexibility index (Phi) is 3.26. The summed E-state index contributed by atoms with van der Waals surface area (Å²) in [6.07, 6.45) is 0. The third-order valence-corrected chi connectivity index (χ3v) is 2.29. The lowest BCUT2D eigenvalue weighted by molar-refractivity contribution is -0.383. The zero-order valence-electron chi connectivity index (χ0n) is 9.38.